The van der Waals surface area contributed by atoms with Crippen LogP contribution in [-0.4, -0.2) is 129 Å². The van der Waals surface area contributed by atoms with Gasteiger partial charge >= 0.3 is 0 Å². The zero-order valence-electron chi connectivity index (χ0n) is 39.9. The van der Waals surface area contributed by atoms with Crippen molar-refractivity contribution in [3.8, 4) is 0 Å². The van der Waals surface area contributed by atoms with Crippen LogP contribution in [0.15, 0.2) is 132 Å². The smallest absolute Gasteiger partial charge is 0.264 e. The first kappa shape index (κ1) is 48.7. The molecule has 3 aliphatic rings. The van der Waals surface area contributed by atoms with Gasteiger partial charge in [0.2, 0.25) is 0 Å². The minimum absolute atomic E-state index is 0.0262. The van der Waals surface area contributed by atoms with Crippen LogP contribution < -0.4 is 9.44 Å². The number of ether oxygens (including phenoxy) is 1. The second kappa shape index (κ2) is 20.3. The molecule has 372 valence electrons. The number of aromatic nitrogens is 3. The first-order valence-corrected chi connectivity index (χ1v) is 26.9. The summed E-state index contributed by atoms with van der Waals surface area (Å²) in [6, 6.07) is 27.2. The molecule has 2 N–H and O–H groups in total. The predicted molar refractivity (Wildman–Crippen MR) is 272 cm³/mol. The third kappa shape index (κ3) is 10.2. The fraction of sp³-hybridized carbons (Fsp3) is 0.302. The molecule has 19 heteroatoms. The van der Waals surface area contributed by atoms with E-state index >= 15 is 0 Å². The maximum Gasteiger partial charge on any atom is 0.264 e. The average Bonchev–Trinajstić information content (AvgIpc) is 3.85. The van der Waals surface area contributed by atoms with Crippen molar-refractivity contribution in [2.24, 2.45) is 5.92 Å². The Kier molecular flexibility index (Phi) is 13.7. The SMILES string of the molecule is Cc1cc(C(=O)N2CCN(CC3COC(c4ccnc5c(S(=O)(=O)Nc6ccc(C(=O)N7CCN(Cc8ccncc8F)CC7)cc6C)cccc45)C3)CC2)ccc1NS(=O)(=O)c1cccc2cccnc12. The minimum Gasteiger partial charge on any atom is -0.373 e. The van der Waals surface area contributed by atoms with Gasteiger partial charge in [0, 0.05) is 112 Å². The summed E-state index contributed by atoms with van der Waals surface area (Å²) >= 11 is 0. The molecular formula is C53H54FN9O7S2. The van der Waals surface area contributed by atoms with E-state index in [2.05, 4.69) is 34.2 Å². The summed E-state index contributed by atoms with van der Waals surface area (Å²) in [4.78, 5) is 48.0. The number of piperazine rings is 2. The Morgan fingerprint density at radius 3 is 1.88 bits per heavy atom. The van der Waals surface area contributed by atoms with Gasteiger partial charge in [0.15, 0.2) is 0 Å². The topological polar surface area (TPSA) is 187 Å². The van der Waals surface area contributed by atoms with Crippen molar-refractivity contribution in [1.29, 1.82) is 0 Å². The summed E-state index contributed by atoms with van der Waals surface area (Å²) in [6.45, 7) is 9.86. The highest BCUT2D eigenvalue weighted by Gasteiger charge is 2.33. The third-order valence-electron chi connectivity index (χ3n) is 13.9. The Hall–Kier alpha value is -6.90. The van der Waals surface area contributed by atoms with Crippen LogP contribution in [0.1, 0.15) is 55.5 Å². The van der Waals surface area contributed by atoms with Gasteiger partial charge in [0.05, 0.1) is 41.3 Å². The van der Waals surface area contributed by atoms with Gasteiger partial charge in [-0.2, -0.15) is 0 Å². The van der Waals surface area contributed by atoms with Crippen LogP contribution in [0.3, 0.4) is 0 Å². The molecular weight excluding hydrogens is 958 g/mol. The lowest BCUT2D eigenvalue weighted by molar-refractivity contribution is 0.0604. The highest BCUT2D eigenvalue weighted by atomic mass is 32.2. The molecule has 0 bridgehead atoms. The molecule has 3 aliphatic heterocycles. The van der Waals surface area contributed by atoms with E-state index < -0.39 is 20.0 Å². The van der Waals surface area contributed by atoms with Crippen LogP contribution in [-0.2, 0) is 31.3 Å². The fourth-order valence-electron chi connectivity index (χ4n) is 9.96. The maximum absolute atomic E-state index is 14.2. The standard InChI is InChI=1S/C53H54FN9O7S2/c1-35-28-39(11-13-45(35)58-71(66,67)48-9-3-6-38-7-5-17-56-50(38)48)52(64)62-24-20-60(21-25-62)32-37-30-47(70-34-37)42-16-19-57-51-43(42)8-4-10-49(51)72(68,69)59-46-14-12-40(29-36(46)2)53(65)63-26-22-61(23-27-63)33-41-15-18-55-31-44(41)54/h3-19,28-29,31,37,47,58-59H,20-27,30,32-34H2,1-2H3. The van der Waals surface area contributed by atoms with Gasteiger partial charge in [0.25, 0.3) is 31.9 Å². The lowest BCUT2D eigenvalue weighted by Crippen LogP contribution is -2.49. The molecule has 2 atom stereocenters. The molecule has 4 aromatic carbocycles. The highest BCUT2D eigenvalue weighted by molar-refractivity contribution is 7.93. The number of hydrogen-bond acceptors (Lipinski definition) is 12. The summed E-state index contributed by atoms with van der Waals surface area (Å²) in [5, 5.41) is 1.40. The van der Waals surface area contributed by atoms with Crippen LogP contribution in [0.5, 0.6) is 0 Å². The molecule has 3 aromatic heterocycles. The Labute approximate surface area is 417 Å². The number of para-hydroxylation sites is 2. The number of carbonyl (C=O) groups excluding carboxylic acids is 2. The van der Waals surface area contributed by atoms with E-state index in [0.717, 1.165) is 18.5 Å². The van der Waals surface area contributed by atoms with Crippen molar-refractivity contribution >= 4 is 65.0 Å². The second-order valence-electron chi connectivity index (χ2n) is 18.7. The molecule has 6 heterocycles. The Bertz CT molecular complexity index is 3430. The number of amides is 2. The van der Waals surface area contributed by atoms with Crippen LogP contribution in [0.4, 0.5) is 15.8 Å². The van der Waals surface area contributed by atoms with Crippen molar-refractivity contribution in [3.05, 3.63) is 161 Å². The third-order valence-corrected chi connectivity index (χ3v) is 16.7. The number of anilines is 2. The molecule has 3 fully saturated rings. The normalized spacial score (nSPS) is 18.2. The lowest BCUT2D eigenvalue weighted by atomic mass is 9.97. The van der Waals surface area contributed by atoms with Crippen LogP contribution in [0, 0.1) is 25.6 Å². The summed E-state index contributed by atoms with van der Waals surface area (Å²) in [5.74, 6) is -0.409. The highest BCUT2D eigenvalue weighted by Crippen LogP contribution is 2.38. The second-order valence-corrected chi connectivity index (χ2v) is 22.0. The number of rotatable bonds is 13. The number of aryl methyl sites for hydroxylation is 2. The number of hydrogen-bond donors (Lipinski definition) is 2. The van der Waals surface area contributed by atoms with Crippen molar-refractivity contribution in [2.45, 2.75) is 42.7 Å². The molecule has 3 saturated heterocycles. The van der Waals surface area contributed by atoms with E-state index in [4.69, 9.17) is 4.74 Å². The Morgan fingerprint density at radius 1 is 0.667 bits per heavy atom. The van der Waals surface area contributed by atoms with Gasteiger partial charge in [-0.15, -0.1) is 0 Å². The van der Waals surface area contributed by atoms with E-state index in [-0.39, 0.29) is 39.4 Å². The monoisotopic (exact) mass is 1010 g/mol. The lowest BCUT2D eigenvalue weighted by Gasteiger charge is -2.36. The molecule has 16 nitrogen and oxygen atoms in total. The first-order chi connectivity index (χ1) is 34.7. The van der Waals surface area contributed by atoms with Crippen molar-refractivity contribution in [1.82, 2.24) is 34.6 Å². The van der Waals surface area contributed by atoms with Crippen molar-refractivity contribution in [3.63, 3.8) is 0 Å². The fourth-order valence-corrected chi connectivity index (χ4v) is 12.6. The van der Waals surface area contributed by atoms with E-state index in [1.54, 1.807) is 98.0 Å². The Balaban J connectivity index is 0.726. The number of fused-ring (bicyclic) bond motifs is 2. The Morgan fingerprint density at radius 2 is 1.25 bits per heavy atom. The van der Waals surface area contributed by atoms with E-state index in [1.807, 2.05) is 29.2 Å². The molecule has 0 radical (unpaired) electrons. The predicted octanol–water partition coefficient (Wildman–Crippen LogP) is 7.03. The largest absolute Gasteiger partial charge is 0.373 e. The maximum atomic E-state index is 14.2. The van der Waals surface area contributed by atoms with Gasteiger partial charge in [0.1, 0.15) is 15.6 Å². The van der Waals surface area contributed by atoms with E-state index in [0.29, 0.717) is 127 Å². The molecule has 72 heavy (non-hydrogen) atoms. The van der Waals surface area contributed by atoms with E-state index in [1.165, 1.54) is 18.3 Å². The molecule has 2 amide bonds. The molecule has 0 spiro atoms. The van der Waals surface area contributed by atoms with Crippen molar-refractivity contribution < 1.29 is 35.6 Å². The van der Waals surface area contributed by atoms with Gasteiger partial charge in [-0.3, -0.25) is 43.8 Å². The van der Waals surface area contributed by atoms with Gasteiger partial charge in [-0.1, -0.05) is 30.3 Å². The van der Waals surface area contributed by atoms with Crippen LogP contribution in [0.25, 0.3) is 21.8 Å². The van der Waals surface area contributed by atoms with Gasteiger partial charge in [-0.05, 0) is 110 Å². The number of halogens is 1. The molecule has 0 saturated carbocycles. The zero-order chi connectivity index (χ0) is 50.1. The quantitative estimate of drug-likeness (QED) is 0.120. The van der Waals surface area contributed by atoms with Crippen LogP contribution >= 0.6 is 0 Å². The van der Waals surface area contributed by atoms with Crippen LogP contribution in [0.2, 0.25) is 0 Å². The van der Waals surface area contributed by atoms with Gasteiger partial charge in [-0.25, -0.2) is 21.2 Å². The molecule has 2 unspecified atom stereocenters. The molecule has 10 rings (SSSR count). The van der Waals surface area contributed by atoms with E-state index in [9.17, 15) is 30.8 Å². The zero-order valence-corrected chi connectivity index (χ0v) is 41.5. The summed E-state index contributed by atoms with van der Waals surface area (Å²) in [7, 11) is -8.08. The number of benzene rings is 4. The average molecular weight is 1010 g/mol. The summed E-state index contributed by atoms with van der Waals surface area (Å²) in [6.07, 6.45) is 6.40. The number of nitrogens with one attached hydrogen (secondary N) is 2. The number of carbonyl (C=O) groups is 2. The van der Waals surface area contributed by atoms with Gasteiger partial charge < -0.3 is 14.5 Å². The summed E-state index contributed by atoms with van der Waals surface area (Å²) < 4.78 is 81.0. The number of sulfonamides is 2. The summed E-state index contributed by atoms with van der Waals surface area (Å²) in [5.41, 5.74) is 5.01. The number of nitrogens with zero attached hydrogens (tertiary/aromatic N) is 7. The minimum atomic E-state index is -4.12. The first-order valence-electron chi connectivity index (χ1n) is 23.9. The molecule has 0 aliphatic carbocycles. The molecule has 7 aromatic rings. The number of pyridine rings is 3. The van der Waals surface area contributed by atoms with Crippen molar-refractivity contribution in [2.75, 3.05) is 75.0 Å².